The van der Waals surface area contributed by atoms with Crippen LogP contribution >= 0.6 is 0 Å². The molecule has 0 radical (unpaired) electrons. The highest BCUT2D eigenvalue weighted by atomic mass is 28.4. The first-order chi connectivity index (χ1) is 14.6. The van der Waals surface area contributed by atoms with Crippen molar-refractivity contribution in [3.05, 3.63) is 60.7 Å². The summed E-state index contributed by atoms with van der Waals surface area (Å²) >= 11 is 0. The summed E-state index contributed by atoms with van der Waals surface area (Å²) in [5.41, 5.74) is 2.27. The number of rotatable bonds is 12. The molecule has 0 atom stereocenters. The zero-order valence-corrected chi connectivity index (χ0v) is 23.0. The average Bonchev–Trinajstić information content (AvgIpc) is 2.72. The van der Waals surface area contributed by atoms with Crippen LogP contribution in [-0.4, -0.2) is 16.6 Å². The first-order valence-corrected chi connectivity index (χ1v) is 16.7. The Kier molecular flexibility index (Phi) is 9.44. The molecule has 0 saturated carbocycles. The van der Waals surface area contributed by atoms with Gasteiger partial charge in [0, 0.05) is 0 Å². The Morgan fingerprint density at radius 2 is 0.806 bits per heavy atom. The Labute approximate surface area is 193 Å². The predicted molar refractivity (Wildman–Crippen MR) is 140 cm³/mol. The molecule has 0 amide bonds. The van der Waals surface area contributed by atoms with E-state index in [1.165, 1.54) is 18.5 Å². The summed E-state index contributed by atoms with van der Waals surface area (Å²) < 4.78 is 13.8. The Bertz CT molecular complexity index is 676. The molecule has 2 aromatic rings. The van der Waals surface area contributed by atoms with Crippen molar-refractivity contribution in [2.75, 3.05) is 0 Å². The largest absolute Gasteiger partial charge is 0.543 e. The van der Waals surface area contributed by atoms with Gasteiger partial charge in [-0.1, -0.05) is 98.2 Å². The fourth-order valence-corrected chi connectivity index (χ4v) is 14.2. The first kappa shape index (κ1) is 25.7. The maximum atomic E-state index is 6.89. The highest BCUT2D eigenvalue weighted by molar-refractivity contribution is 6.78. The lowest BCUT2D eigenvalue weighted by molar-refractivity contribution is 0.480. The predicted octanol–water partition coefficient (Wildman–Crippen LogP) is 9.07. The Morgan fingerprint density at radius 1 is 0.516 bits per heavy atom. The summed E-state index contributed by atoms with van der Waals surface area (Å²) in [4.78, 5) is 0. The van der Waals surface area contributed by atoms with Crippen LogP contribution in [0, 0.1) is 0 Å². The van der Waals surface area contributed by atoms with Gasteiger partial charge in [-0.05, 0) is 58.5 Å². The van der Waals surface area contributed by atoms with Gasteiger partial charge in [0.05, 0.1) is 0 Å². The Morgan fingerprint density at radius 3 is 1.06 bits per heavy atom. The molecule has 0 N–H and O–H groups in total. The van der Waals surface area contributed by atoms with Crippen LogP contribution in [0.15, 0.2) is 60.7 Å². The SMILES string of the molecule is CC(C)[Si](CCC[Si](Oc1ccccc1)(C(C)C)C(C)C)(Oc1ccccc1)C(C)C. The zero-order valence-electron chi connectivity index (χ0n) is 21.0. The third kappa shape index (κ3) is 6.26. The minimum absolute atomic E-state index is 0.567. The van der Waals surface area contributed by atoms with Crippen molar-refractivity contribution in [3.8, 4) is 11.5 Å². The topological polar surface area (TPSA) is 18.5 Å². The number of para-hydroxylation sites is 2. The summed E-state index contributed by atoms with van der Waals surface area (Å²) in [6.45, 7) is 18.9. The summed E-state index contributed by atoms with van der Waals surface area (Å²) in [7, 11) is -3.97. The van der Waals surface area contributed by atoms with Crippen LogP contribution in [0.4, 0.5) is 0 Å². The molecule has 0 aliphatic heterocycles. The maximum Gasteiger partial charge on any atom is 0.256 e. The van der Waals surface area contributed by atoms with Gasteiger partial charge in [0.25, 0.3) is 16.6 Å². The summed E-state index contributed by atoms with van der Waals surface area (Å²) in [6, 6.07) is 23.3. The van der Waals surface area contributed by atoms with Crippen molar-refractivity contribution in [1.29, 1.82) is 0 Å². The molecule has 2 rings (SSSR count). The Balaban J connectivity index is 2.25. The molecule has 2 nitrogen and oxygen atoms in total. The summed E-state index contributed by atoms with van der Waals surface area (Å²) in [6.07, 6.45) is 1.19. The monoisotopic (exact) mass is 456 g/mol. The second-order valence-electron chi connectivity index (χ2n) is 10.2. The van der Waals surface area contributed by atoms with E-state index >= 15 is 0 Å². The van der Waals surface area contributed by atoms with E-state index < -0.39 is 16.6 Å². The lowest BCUT2D eigenvalue weighted by atomic mass is 10.3. The average molecular weight is 457 g/mol. The molecular weight excluding hydrogens is 412 g/mol. The minimum Gasteiger partial charge on any atom is -0.543 e. The van der Waals surface area contributed by atoms with Gasteiger partial charge in [-0.15, -0.1) is 0 Å². The minimum atomic E-state index is -1.99. The molecule has 0 bridgehead atoms. The quantitative estimate of drug-likeness (QED) is 0.296. The molecule has 2 aromatic carbocycles. The highest BCUT2D eigenvalue weighted by Gasteiger charge is 2.47. The van der Waals surface area contributed by atoms with Crippen molar-refractivity contribution in [2.24, 2.45) is 0 Å². The van der Waals surface area contributed by atoms with Gasteiger partial charge < -0.3 is 8.85 Å². The van der Waals surface area contributed by atoms with Crippen molar-refractivity contribution >= 4 is 16.6 Å². The second-order valence-corrected chi connectivity index (χ2v) is 20.1. The lowest BCUT2D eigenvalue weighted by Gasteiger charge is -2.42. The standard InChI is InChI=1S/C27H44O2Si2/c1-22(2)30(23(3)4,28-26-16-11-9-12-17-26)20-15-21-31(24(5)6,25(7)8)29-27-18-13-10-14-19-27/h9-14,16-19,22-25H,15,20-21H2,1-8H3. The molecule has 0 heterocycles. The number of hydrogen-bond donors (Lipinski definition) is 0. The third-order valence-corrected chi connectivity index (χ3v) is 18.5. The van der Waals surface area contributed by atoms with Crippen LogP contribution in [0.3, 0.4) is 0 Å². The van der Waals surface area contributed by atoms with E-state index in [9.17, 15) is 0 Å². The summed E-state index contributed by atoms with van der Waals surface area (Å²) in [5, 5.41) is 0. The van der Waals surface area contributed by atoms with Crippen LogP contribution < -0.4 is 8.85 Å². The van der Waals surface area contributed by atoms with Gasteiger partial charge in [0.15, 0.2) is 0 Å². The van der Waals surface area contributed by atoms with Gasteiger partial charge in [-0.3, -0.25) is 0 Å². The van der Waals surface area contributed by atoms with Crippen molar-refractivity contribution < 1.29 is 8.85 Å². The van der Waals surface area contributed by atoms with Gasteiger partial charge in [0.2, 0.25) is 0 Å². The van der Waals surface area contributed by atoms with Crippen LogP contribution in [0.2, 0.25) is 34.3 Å². The molecule has 31 heavy (non-hydrogen) atoms. The second kappa shape index (κ2) is 11.4. The molecule has 0 aliphatic rings. The molecule has 0 fully saturated rings. The van der Waals surface area contributed by atoms with E-state index in [0.717, 1.165) is 11.5 Å². The Hall–Kier alpha value is -1.53. The maximum absolute atomic E-state index is 6.89. The van der Waals surface area contributed by atoms with Crippen molar-refractivity contribution in [2.45, 2.75) is 96.1 Å². The fraction of sp³-hybridized carbons (Fsp3) is 0.556. The van der Waals surface area contributed by atoms with Crippen LogP contribution in [0.25, 0.3) is 0 Å². The molecule has 172 valence electrons. The highest BCUT2D eigenvalue weighted by Crippen LogP contribution is 2.43. The van der Waals surface area contributed by atoms with Crippen molar-refractivity contribution in [1.82, 2.24) is 0 Å². The van der Waals surface area contributed by atoms with Gasteiger partial charge in [-0.25, -0.2) is 0 Å². The smallest absolute Gasteiger partial charge is 0.256 e. The summed E-state index contributed by atoms with van der Waals surface area (Å²) in [5.74, 6) is 2.07. The fourth-order valence-electron chi connectivity index (χ4n) is 5.12. The normalized spacial score (nSPS) is 12.8. The molecule has 0 spiro atoms. The molecule has 0 aliphatic carbocycles. The van der Waals surface area contributed by atoms with Gasteiger partial charge >= 0.3 is 0 Å². The van der Waals surface area contributed by atoms with E-state index in [2.05, 4.69) is 116 Å². The van der Waals surface area contributed by atoms with Crippen LogP contribution in [0.5, 0.6) is 11.5 Å². The van der Waals surface area contributed by atoms with Crippen molar-refractivity contribution in [3.63, 3.8) is 0 Å². The van der Waals surface area contributed by atoms with Gasteiger partial charge in [0.1, 0.15) is 11.5 Å². The first-order valence-electron chi connectivity index (χ1n) is 12.1. The van der Waals surface area contributed by atoms with E-state index in [4.69, 9.17) is 8.85 Å². The van der Waals surface area contributed by atoms with E-state index in [1.54, 1.807) is 0 Å². The van der Waals surface area contributed by atoms with Gasteiger partial charge in [-0.2, -0.15) is 0 Å². The lowest BCUT2D eigenvalue weighted by Crippen LogP contribution is -2.50. The molecule has 4 heteroatoms. The number of hydrogen-bond acceptors (Lipinski definition) is 2. The van der Waals surface area contributed by atoms with E-state index in [-0.39, 0.29) is 0 Å². The number of benzene rings is 2. The van der Waals surface area contributed by atoms with Crippen LogP contribution in [0.1, 0.15) is 61.8 Å². The van der Waals surface area contributed by atoms with Crippen LogP contribution in [-0.2, 0) is 0 Å². The molecular formula is C27H44O2Si2. The van der Waals surface area contributed by atoms with E-state index in [0.29, 0.717) is 22.2 Å². The third-order valence-electron chi connectivity index (χ3n) is 7.15. The molecule has 0 unspecified atom stereocenters. The molecule has 0 saturated heterocycles. The van der Waals surface area contributed by atoms with E-state index in [1.807, 2.05) is 0 Å². The molecule has 0 aromatic heterocycles. The zero-order chi connectivity index (χ0) is 23.1.